The van der Waals surface area contributed by atoms with Crippen LogP contribution in [0.15, 0.2) is 48.5 Å². The summed E-state index contributed by atoms with van der Waals surface area (Å²) in [6, 6.07) is 15.4. The highest BCUT2D eigenvalue weighted by Gasteiger charge is 2.29. The SMILES string of the molecule is CCC(NC(=O)OCC1c2ccccc2-c2ccccc21)C(=O)NCc1nc(C)c(C(=O)O)s1. The molecule has 0 spiro atoms. The van der Waals surface area contributed by atoms with Crippen molar-refractivity contribution < 1.29 is 24.2 Å². The van der Waals surface area contributed by atoms with Gasteiger partial charge in [0, 0.05) is 5.92 Å². The summed E-state index contributed by atoms with van der Waals surface area (Å²) < 4.78 is 5.52. The van der Waals surface area contributed by atoms with Crippen LogP contribution in [-0.4, -0.2) is 40.7 Å². The van der Waals surface area contributed by atoms with E-state index in [9.17, 15) is 14.4 Å². The van der Waals surface area contributed by atoms with Crippen molar-refractivity contribution in [3.05, 3.63) is 75.2 Å². The summed E-state index contributed by atoms with van der Waals surface area (Å²) in [6.07, 6.45) is -0.296. The molecule has 4 rings (SSSR count). The van der Waals surface area contributed by atoms with Gasteiger partial charge in [-0.25, -0.2) is 14.6 Å². The number of carboxylic acid groups (broad SMARTS) is 1. The summed E-state index contributed by atoms with van der Waals surface area (Å²) in [7, 11) is 0. The lowest BCUT2D eigenvalue weighted by molar-refractivity contribution is -0.123. The second-order valence-electron chi connectivity index (χ2n) is 7.98. The maximum absolute atomic E-state index is 12.6. The fourth-order valence-corrected chi connectivity index (χ4v) is 4.99. The third kappa shape index (κ3) is 4.79. The molecule has 3 N–H and O–H groups in total. The second kappa shape index (κ2) is 10.0. The van der Waals surface area contributed by atoms with Gasteiger partial charge in [-0.2, -0.15) is 0 Å². The first-order valence-corrected chi connectivity index (χ1v) is 11.8. The number of aromatic nitrogens is 1. The fraction of sp³-hybridized carbons (Fsp3) is 0.280. The van der Waals surface area contributed by atoms with E-state index in [1.165, 1.54) is 0 Å². The van der Waals surface area contributed by atoms with Gasteiger partial charge in [0.05, 0.1) is 12.2 Å². The summed E-state index contributed by atoms with van der Waals surface area (Å²) in [4.78, 5) is 40.6. The van der Waals surface area contributed by atoms with Crippen molar-refractivity contribution in [3.63, 3.8) is 0 Å². The van der Waals surface area contributed by atoms with Gasteiger partial charge in [-0.3, -0.25) is 4.79 Å². The summed E-state index contributed by atoms with van der Waals surface area (Å²) in [5.74, 6) is -1.50. The molecule has 0 saturated heterocycles. The molecule has 1 aromatic heterocycles. The Morgan fingerprint density at radius 2 is 1.71 bits per heavy atom. The molecule has 1 aliphatic carbocycles. The van der Waals surface area contributed by atoms with Crippen LogP contribution in [0.4, 0.5) is 4.79 Å². The van der Waals surface area contributed by atoms with Crippen molar-refractivity contribution in [1.29, 1.82) is 0 Å². The Bertz CT molecular complexity index is 1190. The quantitative estimate of drug-likeness (QED) is 0.448. The largest absolute Gasteiger partial charge is 0.477 e. The standard InChI is InChI=1S/C25H25N3O5S/c1-3-20(23(29)26-12-21-27-14(2)22(34-21)24(30)31)28-25(32)33-13-19-17-10-6-4-8-15(17)16-9-5-7-11-18(16)19/h4-11,19-20H,3,12-13H2,1-2H3,(H,26,29)(H,28,32)(H,30,31). The summed E-state index contributed by atoms with van der Waals surface area (Å²) in [5.41, 5.74) is 4.91. The number of carbonyl (C=O) groups excluding carboxylic acids is 2. The number of aromatic carboxylic acids is 1. The summed E-state index contributed by atoms with van der Waals surface area (Å²) >= 11 is 1.02. The first kappa shape index (κ1) is 23.4. The van der Waals surface area contributed by atoms with Crippen molar-refractivity contribution in [2.24, 2.45) is 0 Å². The molecule has 0 bridgehead atoms. The van der Waals surface area contributed by atoms with Crippen LogP contribution in [0, 0.1) is 6.92 Å². The highest BCUT2D eigenvalue weighted by Crippen LogP contribution is 2.44. The molecular weight excluding hydrogens is 454 g/mol. The van der Waals surface area contributed by atoms with E-state index in [0.717, 1.165) is 33.6 Å². The van der Waals surface area contributed by atoms with E-state index < -0.39 is 18.1 Å². The van der Waals surface area contributed by atoms with Gasteiger partial charge in [-0.05, 0) is 35.6 Å². The van der Waals surface area contributed by atoms with Crippen LogP contribution in [0.25, 0.3) is 11.1 Å². The highest BCUT2D eigenvalue weighted by molar-refractivity contribution is 7.13. The molecular formula is C25H25N3O5S. The van der Waals surface area contributed by atoms with E-state index in [2.05, 4.69) is 27.8 Å². The minimum absolute atomic E-state index is 0.0661. The fourth-order valence-electron chi connectivity index (χ4n) is 4.15. The summed E-state index contributed by atoms with van der Waals surface area (Å²) in [5, 5.41) is 15.0. The van der Waals surface area contributed by atoms with E-state index >= 15 is 0 Å². The maximum Gasteiger partial charge on any atom is 0.407 e. The van der Waals surface area contributed by atoms with E-state index in [4.69, 9.17) is 9.84 Å². The van der Waals surface area contributed by atoms with Crippen LogP contribution in [0.3, 0.4) is 0 Å². The number of carboxylic acids is 1. The molecule has 1 atom stereocenters. The van der Waals surface area contributed by atoms with Gasteiger partial charge < -0.3 is 20.5 Å². The third-order valence-corrected chi connectivity index (χ3v) is 6.95. The number of hydrogen-bond donors (Lipinski definition) is 3. The number of carbonyl (C=O) groups is 3. The number of aryl methyl sites for hydroxylation is 1. The molecule has 176 valence electrons. The van der Waals surface area contributed by atoms with Crippen LogP contribution in [0.5, 0.6) is 0 Å². The number of benzene rings is 2. The molecule has 8 nitrogen and oxygen atoms in total. The number of hydrogen-bond acceptors (Lipinski definition) is 6. The van der Waals surface area contributed by atoms with Gasteiger partial charge in [-0.1, -0.05) is 55.5 Å². The number of thiazole rings is 1. The Morgan fingerprint density at radius 1 is 1.09 bits per heavy atom. The van der Waals surface area contributed by atoms with Crippen LogP contribution < -0.4 is 10.6 Å². The van der Waals surface area contributed by atoms with Crippen molar-refractivity contribution in [3.8, 4) is 11.1 Å². The number of ether oxygens (including phenoxy) is 1. The maximum atomic E-state index is 12.6. The van der Waals surface area contributed by atoms with Gasteiger partial charge in [0.25, 0.3) is 0 Å². The van der Waals surface area contributed by atoms with Crippen LogP contribution in [-0.2, 0) is 16.1 Å². The van der Waals surface area contributed by atoms with Crippen molar-refractivity contribution >= 4 is 29.3 Å². The molecule has 9 heteroatoms. The Morgan fingerprint density at radius 3 is 2.26 bits per heavy atom. The molecule has 0 radical (unpaired) electrons. The van der Waals surface area contributed by atoms with Gasteiger partial charge in [0.1, 0.15) is 22.5 Å². The molecule has 1 aliphatic rings. The predicted molar refractivity (Wildman–Crippen MR) is 128 cm³/mol. The predicted octanol–water partition coefficient (Wildman–Crippen LogP) is 4.08. The number of fused-ring (bicyclic) bond motifs is 3. The Kier molecular flexibility index (Phi) is 6.93. The molecule has 2 amide bonds. The Hall–Kier alpha value is -3.72. The first-order chi connectivity index (χ1) is 16.4. The van der Waals surface area contributed by atoms with Crippen LogP contribution in [0.1, 0.15) is 50.8 Å². The van der Waals surface area contributed by atoms with Gasteiger partial charge in [0.15, 0.2) is 0 Å². The van der Waals surface area contributed by atoms with Crippen LogP contribution >= 0.6 is 11.3 Å². The second-order valence-corrected chi connectivity index (χ2v) is 9.06. The third-order valence-electron chi connectivity index (χ3n) is 5.81. The minimum Gasteiger partial charge on any atom is -0.477 e. The first-order valence-electron chi connectivity index (χ1n) is 11.0. The monoisotopic (exact) mass is 479 g/mol. The number of rotatable bonds is 8. The zero-order chi connectivity index (χ0) is 24.2. The lowest BCUT2D eigenvalue weighted by Gasteiger charge is -2.18. The average Bonchev–Trinajstić information content (AvgIpc) is 3.37. The highest BCUT2D eigenvalue weighted by atomic mass is 32.1. The molecule has 34 heavy (non-hydrogen) atoms. The van der Waals surface area contributed by atoms with Gasteiger partial charge in [0.2, 0.25) is 5.91 Å². The lowest BCUT2D eigenvalue weighted by atomic mass is 9.98. The number of nitrogens with one attached hydrogen (secondary N) is 2. The van der Waals surface area contributed by atoms with E-state index in [1.54, 1.807) is 13.8 Å². The van der Waals surface area contributed by atoms with E-state index in [0.29, 0.717) is 17.1 Å². The van der Waals surface area contributed by atoms with Crippen LogP contribution in [0.2, 0.25) is 0 Å². The van der Waals surface area contributed by atoms with Gasteiger partial charge in [-0.15, -0.1) is 11.3 Å². The zero-order valence-corrected chi connectivity index (χ0v) is 19.6. The molecule has 0 aliphatic heterocycles. The number of nitrogens with zero attached hydrogens (tertiary/aromatic N) is 1. The Labute approximate surface area is 201 Å². The van der Waals surface area contributed by atoms with Crippen molar-refractivity contribution in [2.45, 2.75) is 38.8 Å². The molecule has 1 heterocycles. The van der Waals surface area contributed by atoms with E-state index in [-0.39, 0.29) is 29.9 Å². The van der Waals surface area contributed by atoms with Crippen molar-refractivity contribution in [2.75, 3.05) is 6.61 Å². The lowest BCUT2D eigenvalue weighted by Crippen LogP contribution is -2.46. The molecule has 0 fully saturated rings. The minimum atomic E-state index is -1.05. The molecule has 3 aromatic rings. The number of alkyl carbamates (subject to hydrolysis) is 1. The molecule has 2 aromatic carbocycles. The smallest absolute Gasteiger partial charge is 0.407 e. The zero-order valence-electron chi connectivity index (χ0n) is 18.8. The normalized spacial score (nSPS) is 13.0. The Balaban J connectivity index is 1.33. The molecule has 1 unspecified atom stereocenters. The number of amides is 2. The van der Waals surface area contributed by atoms with Crippen molar-refractivity contribution in [1.82, 2.24) is 15.6 Å². The average molecular weight is 480 g/mol. The molecule has 0 saturated carbocycles. The van der Waals surface area contributed by atoms with Gasteiger partial charge >= 0.3 is 12.1 Å². The summed E-state index contributed by atoms with van der Waals surface area (Å²) in [6.45, 7) is 3.64. The van der Waals surface area contributed by atoms with E-state index in [1.807, 2.05) is 36.4 Å². The topological polar surface area (TPSA) is 118 Å².